The van der Waals surface area contributed by atoms with E-state index in [0.29, 0.717) is 46.7 Å². The molecule has 1 aliphatic heterocycles. The second-order valence-corrected chi connectivity index (χ2v) is 10.5. The number of ether oxygens (including phenoxy) is 4. The van der Waals surface area contributed by atoms with Crippen molar-refractivity contribution in [2.45, 2.75) is 38.2 Å². The summed E-state index contributed by atoms with van der Waals surface area (Å²) in [5.41, 5.74) is 3.97. The normalized spacial score (nSPS) is 18.8. The zero-order valence-corrected chi connectivity index (χ0v) is 23.2. The van der Waals surface area contributed by atoms with Crippen molar-refractivity contribution in [3.05, 3.63) is 98.5 Å². The smallest absolute Gasteiger partial charge is 0.337 e. The van der Waals surface area contributed by atoms with Crippen LogP contribution in [0.3, 0.4) is 0 Å². The molecule has 0 radical (unpaired) electrons. The first kappa shape index (κ1) is 26.6. The van der Waals surface area contributed by atoms with Gasteiger partial charge >= 0.3 is 5.97 Å². The second-order valence-electron chi connectivity index (χ2n) is 9.54. The Labute approximate surface area is 232 Å². The molecule has 1 aliphatic carbocycles. The average molecular weight is 546 g/mol. The monoisotopic (exact) mass is 545 g/mol. The number of thiophene rings is 1. The number of Topliss-reactive ketones (excluding diaryl/α,β-unsaturated/α-hetero) is 1. The molecular formula is C31H31NO6S. The van der Waals surface area contributed by atoms with Crippen molar-refractivity contribution in [2.75, 3.05) is 21.3 Å². The van der Waals surface area contributed by atoms with Gasteiger partial charge in [-0.05, 0) is 48.6 Å². The molecule has 0 amide bonds. The number of benzene rings is 2. The van der Waals surface area contributed by atoms with Gasteiger partial charge in [0.25, 0.3) is 0 Å². The summed E-state index contributed by atoms with van der Waals surface area (Å²) in [5, 5.41) is 5.44. The Morgan fingerprint density at radius 2 is 1.77 bits per heavy atom. The molecule has 1 N–H and O–H groups in total. The number of ketones is 1. The van der Waals surface area contributed by atoms with Crippen LogP contribution in [0.25, 0.3) is 0 Å². The minimum Gasteiger partial charge on any atom is -0.497 e. The van der Waals surface area contributed by atoms with E-state index in [9.17, 15) is 9.59 Å². The van der Waals surface area contributed by atoms with Crippen LogP contribution in [0.5, 0.6) is 17.2 Å². The second kappa shape index (κ2) is 11.4. The number of nitrogens with one attached hydrogen (secondary N) is 1. The fourth-order valence-corrected chi connectivity index (χ4v) is 6.26. The van der Waals surface area contributed by atoms with E-state index in [1.807, 2.05) is 54.8 Å². The maximum absolute atomic E-state index is 13.8. The Kier molecular flexibility index (Phi) is 7.74. The van der Waals surface area contributed by atoms with Gasteiger partial charge in [-0.1, -0.05) is 30.3 Å². The number of carbonyl (C=O) groups is 2. The molecule has 39 heavy (non-hydrogen) atoms. The van der Waals surface area contributed by atoms with E-state index in [-0.39, 0.29) is 18.3 Å². The molecule has 0 saturated carbocycles. The van der Waals surface area contributed by atoms with E-state index in [0.717, 1.165) is 17.0 Å². The lowest BCUT2D eigenvalue weighted by atomic mass is 9.72. The number of methoxy groups -OCH3 is 3. The summed E-state index contributed by atoms with van der Waals surface area (Å²) >= 11 is 1.66. The lowest BCUT2D eigenvalue weighted by Crippen LogP contribution is -2.36. The minimum absolute atomic E-state index is 0.00461. The first-order valence-electron chi connectivity index (χ1n) is 12.7. The van der Waals surface area contributed by atoms with Crippen molar-refractivity contribution in [3.63, 3.8) is 0 Å². The first-order chi connectivity index (χ1) is 18.9. The van der Waals surface area contributed by atoms with Gasteiger partial charge < -0.3 is 24.3 Å². The minimum atomic E-state index is -0.661. The van der Waals surface area contributed by atoms with Gasteiger partial charge in [0.05, 0.1) is 32.8 Å². The predicted octanol–water partition coefficient (Wildman–Crippen LogP) is 5.88. The predicted molar refractivity (Wildman–Crippen MR) is 149 cm³/mol. The third-order valence-electron chi connectivity index (χ3n) is 7.27. The largest absolute Gasteiger partial charge is 0.497 e. The highest BCUT2D eigenvalue weighted by atomic mass is 32.1. The van der Waals surface area contributed by atoms with E-state index in [2.05, 4.69) is 11.4 Å². The third-order valence-corrected chi connectivity index (χ3v) is 8.30. The maximum Gasteiger partial charge on any atom is 0.337 e. The molecule has 0 fully saturated rings. The SMILES string of the molecule is COc1ccc(COC(=O)C2=C(C)NC3=C(C(=O)C[C@H](c4cccs4)C3)[C@@H]2c2cccc(OC)c2OC)cc1. The number of hydrogen-bond acceptors (Lipinski definition) is 8. The van der Waals surface area contributed by atoms with Crippen LogP contribution in [0.2, 0.25) is 0 Å². The number of esters is 1. The molecule has 202 valence electrons. The van der Waals surface area contributed by atoms with E-state index < -0.39 is 11.9 Å². The highest BCUT2D eigenvalue weighted by Gasteiger charge is 2.43. The molecule has 0 spiro atoms. The molecule has 3 aromatic rings. The summed E-state index contributed by atoms with van der Waals surface area (Å²) in [6.45, 7) is 1.94. The molecule has 0 saturated heterocycles. The van der Waals surface area contributed by atoms with Crippen molar-refractivity contribution in [2.24, 2.45) is 0 Å². The van der Waals surface area contributed by atoms with Gasteiger partial charge in [-0.3, -0.25) is 4.79 Å². The number of carbonyl (C=O) groups excluding carboxylic acids is 2. The summed E-state index contributed by atoms with van der Waals surface area (Å²) in [5.74, 6) is 0.676. The zero-order valence-electron chi connectivity index (χ0n) is 22.4. The van der Waals surface area contributed by atoms with E-state index in [1.165, 1.54) is 4.88 Å². The molecular weight excluding hydrogens is 514 g/mol. The number of rotatable bonds is 8. The Morgan fingerprint density at radius 3 is 2.44 bits per heavy atom. The molecule has 5 rings (SSSR count). The van der Waals surface area contributed by atoms with Crippen LogP contribution < -0.4 is 19.5 Å². The lowest BCUT2D eigenvalue weighted by Gasteiger charge is -2.37. The van der Waals surface area contributed by atoms with Crippen molar-refractivity contribution in [1.82, 2.24) is 5.32 Å². The van der Waals surface area contributed by atoms with Crippen molar-refractivity contribution >= 4 is 23.1 Å². The first-order valence-corrected chi connectivity index (χ1v) is 13.6. The fraction of sp³-hybridized carbons (Fsp3) is 0.290. The molecule has 2 aromatic carbocycles. The molecule has 0 bridgehead atoms. The molecule has 1 aromatic heterocycles. The quantitative estimate of drug-likeness (QED) is 0.354. The van der Waals surface area contributed by atoms with Gasteiger partial charge in [-0.25, -0.2) is 4.79 Å². The number of para-hydroxylation sites is 1. The molecule has 7 nitrogen and oxygen atoms in total. The Hall–Kier alpha value is -4.04. The van der Waals surface area contributed by atoms with Gasteiger partial charge in [0.2, 0.25) is 0 Å². The summed E-state index contributed by atoms with van der Waals surface area (Å²) in [7, 11) is 4.73. The Morgan fingerprint density at radius 1 is 0.974 bits per heavy atom. The van der Waals surface area contributed by atoms with Crippen LogP contribution in [0, 0.1) is 0 Å². The van der Waals surface area contributed by atoms with Crippen LogP contribution in [0.1, 0.15) is 47.6 Å². The van der Waals surface area contributed by atoms with Gasteiger partial charge in [0.15, 0.2) is 17.3 Å². The highest BCUT2D eigenvalue weighted by Crippen LogP contribution is 2.49. The van der Waals surface area contributed by atoms with Crippen LogP contribution in [0.15, 0.2) is 82.5 Å². The van der Waals surface area contributed by atoms with Crippen molar-refractivity contribution in [3.8, 4) is 17.2 Å². The van der Waals surface area contributed by atoms with Crippen LogP contribution in [0.4, 0.5) is 0 Å². The lowest BCUT2D eigenvalue weighted by molar-refractivity contribution is -0.140. The Bertz CT molecular complexity index is 1440. The van der Waals surface area contributed by atoms with Gasteiger partial charge in [-0.15, -0.1) is 11.3 Å². The third kappa shape index (κ3) is 5.16. The van der Waals surface area contributed by atoms with Crippen molar-refractivity contribution in [1.29, 1.82) is 0 Å². The molecule has 2 heterocycles. The zero-order chi connectivity index (χ0) is 27.5. The van der Waals surface area contributed by atoms with Gasteiger partial charge in [0, 0.05) is 39.7 Å². The summed E-state index contributed by atoms with van der Waals surface area (Å²) < 4.78 is 22.4. The molecule has 2 atom stereocenters. The van der Waals surface area contributed by atoms with E-state index in [4.69, 9.17) is 18.9 Å². The van der Waals surface area contributed by atoms with Crippen LogP contribution >= 0.6 is 11.3 Å². The Balaban J connectivity index is 1.55. The number of allylic oxidation sites excluding steroid dienone is 3. The number of dihydropyridines is 1. The van der Waals surface area contributed by atoms with Gasteiger partial charge in [-0.2, -0.15) is 0 Å². The maximum atomic E-state index is 13.8. The van der Waals surface area contributed by atoms with Crippen LogP contribution in [-0.2, 0) is 20.9 Å². The van der Waals surface area contributed by atoms with E-state index in [1.54, 1.807) is 38.7 Å². The standard InChI is InChI=1S/C31H31NO6S/c1-18-27(31(34)38-17-19-10-12-21(35-2)13-11-19)28(22-7-5-8-25(36-3)30(22)37-4)29-23(32-18)15-20(16-24(29)33)26-9-6-14-39-26/h5-14,20,28,32H,15-17H2,1-4H3/t20-,28-/m1/s1. The molecule has 2 aliphatic rings. The van der Waals surface area contributed by atoms with Crippen molar-refractivity contribution < 1.29 is 28.5 Å². The highest BCUT2D eigenvalue weighted by molar-refractivity contribution is 7.10. The molecule has 0 unspecified atom stereocenters. The molecule has 8 heteroatoms. The summed E-state index contributed by atoms with van der Waals surface area (Å²) in [4.78, 5) is 28.7. The van der Waals surface area contributed by atoms with Crippen LogP contribution in [-0.4, -0.2) is 33.1 Å². The van der Waals surface area contributed by atoms with Gasteiger partial charge in [0.1, 0.15) is 12.4 Å². The average Bonchev–Trinajstić information content (AvgIpc) is 3.50. The topological polar surface area (TPSA) is 83.1 Å². The van der Waals surface area contributed by atoms with E-state index >= 15 is 0 Å². The summed E-state index contributed by atoms with van der Waals surface area (Å²) in [6.07, 6.45) is 1.05. The summed E-state index contributed by atoms with van der Waals surface area (Å²) in [6, 6.07) is 16.9. The number of hydrogen-bond donors (Lipinski definition) is 1. The fourth-order valence-electron chi connectivity index (χ4n) is 5.43.